The van der Waals surface area contributed by atoms with Crippen LogP contribution in [0, 0.1) is 18.3 Å². The van der Waals surface area contributed by atoms with E-state index < -0.39 is 11.4 Å². The number of piperidine rings is 1. The van der Waals surface area contributed by atoms with Gasteiger partial charge in [-0.25, -0.2) is 4.98 Å². The quantitative estimate of drug-likeness (QED) is 0.435. The van der Waals surface area contributed by atoms with Gasteiger partial charge in [0.2, 0.25) is 0 Å². The maximum absolute atomic E-state index is 12.2. The first-order chi connectivity index (χ1) is 18.9. The molecule has 1 saturated carbocycles. The Morgan fingerprint density at radius 1 is 1.21 bits per heavy atom. The van der Waals surface area contributed by atoms with E-state index in [1.807, 2.05) is 30.3 Å². The molecule has 2 N–H and O–H groups in total. The Bertz CT molecular complexity index is 1390. The smallest absolute Gasteiger partial charge is 0.312 e. The highest BCUT2D eigenvalue weighted by Gasteiger charge is 2.71. The maximum Gasteiger partial charge on any atom is 0.312 e. The van der Waals surface area contributed by atoms with Crippen LogP contribution < -0.4 is 15.0 Å². The number of hydrogen-bond donors (Lipinski definition) is 2. The van der Waals surface area contributed by atoms with Crippen LogP contribution in [0.25, 0.3) is 11.3 Å². The molecular weight excluding hydrogens is 490 g/mol. The number of nitrogens with zero attached hydrogens (tertiary/aromatic N) is 2. The Morgan fingerprint density at radius 3 is 2.87 bits per heavy atom. The molecule has 3 aromatic rings. The summed E-state index contributed by atoms with van der Waals surface area (Å²) in [5, 5.41) is 13.5. The third-order valence-corrected chi connectivity index (χ3v) is 8.93. The molecule has 2 aliphatic heterocycles. The highest BCUT2D eigenvalue weighted by Crippen LogP contribution is 2.62. The van der Waals surface area contributed by atoms with E-state index in [2.05, 4.69) is 48.3 Å². The van der Waals surface area contributed by atoms with Crippen LogP contribution in [-0.2, 0) is 22.6 Å². The van der Waals surface area contributed by atoms with Crippen LogP contribution in [0.1, 0.15) is 41.5 Å². The Morgan fingerprint density at radius 2 is 2.05 bits per heavy atom. The van der Waals surface area contributed by atoms with Gasteiger partial charge >= 0.3 is 5.97 Å². The predicted molar refractivity (Wildman–Crippen MR) is 151 cm³/mol. The summed E-state index contributed by atoms with van der Waals surface area (Å²) < 4.78 is 12.0. The Balaban J connectivity index is 1.27. The number of ether oxygens (including phenoxy) is 2. The van der Waals surface area contributed by atoms with Crippen molar-refractivity contribution in [3.8, 4) is 17.0 Å². The molecule has 2 aromatic carbocycles. The van der Waals surface area contributed by atoms with Crippen molar-refractivity contribution < 1.29 is 19.4 Å². The van der Waals surface area contributed by atoms with E-state index in [0.29, 0.717) is 32.1 Å². The number of hydrogen-bond acceptors (Lipinski definition) is 6. The van der Waals surface area contributed by atoms with E-state index >= 15 is 0 Å². The molecule has 7 heteroatoms. The van der Waals surface area contributed by atoms with Gasteiger partial charge in [-0.3, -0.25) is 4.79 Å². The van der Waals surface area contributed by atoms with Gasteiger partial charge in [0.1, 0.15) is 18.2 Å². The molecule has 39 heavy (non-hydrogen) atoms. The summed E-state index contributed by atoms with van der Waals surface area (Å²) in [5.41, 5.74) is 6.07. The van der Waals surface area contributed by atoms with Gasteiger partial charge in [-0.1, -0.05) is 43.3 Å². The van der Waals surface area contributed by atoms with Gasteiger partial charge in [-0.05, 0) is 78.6 Å². The number of benzene rings is 2. The van der Waals surface area contributed by atoms with E-state index in [9.17, 15) is 9.90 Å². The molecule has 6 rings (SSSR count). The fourth-order valence-electron chi connectivity index (χ4n) is 6.69. The molecule has 3 heterocycles. The highest BCUT2D eigenvalue weighted by molar-refractivity contribution is 5.82. The third-order valence-electron chi connectivity index (χ3n) is 8.93. The number of carboxylic acid groups (broad SMARTS) is 1. The van der Waals surface area contributed by atoms with E-state index in [4.69, 9.17) is 14.5 Å². The van der Waals surface area contributed by atoms with Crippen LogP contribution in [-0.4, -0.2) is 55.5 Å². The number of rotatable bonds is 8. The summed E-state index contributed by atoms with van der Waals surface area (Å²) in [7, 11) is 1.63. The van der Waals surface area contributed by atoms with E-state index in [0.717, 1.165) is 53.5 Å². The average molecular weight is 528 g/mol. The van der Waals surface area contributed by atoms with Crippen molar-refractivity contribution in [2.45, 2.75) is 45.3 Å². The number of carbonyl (C=O) groups is 1. The van der Waals surface area contributed by atoms with Gasteiger partial charge in [0.25, 0.3) is 0 Å². The monoisotopic (exact) mass is 527 g/mol. The first kappa shape index (κ1) is 25.8. The van der Waals surface area contributed by atoms with Crippen LogP contribution in [0.5, 0.6) is 5.75 Å². The number of aromatic nitrogens is 1. The van der Waals surface area contributed by atoms with Crippen molar-refractivity contribution >= 4 is 11.8 Å². The lowest BCUT2D eigenvalue weighted by molar-refractivity contribution is -0.144. The van der Waals surface area contributed by atoms with Crippen LogP contribution in [0.2, 0.25) is 0 Å². The van der Waals surface area contributed by atoms with Gasteiger partial charge in [-0.15, -0.1) is 0 Å². The lowest BCUT2D eigenvalue weighted by atomic mass is 9.93. The number of aliphatic carboxylic acids is 1. The standard InChI is InChI=1S/C32H37N3O4/c1-20-6-4-7-25(30(20)39-18-22-10-11-23-12-13-33-16-21(2)26(23)14-22)27-8-5-9-29(34-27)35-17-24-15-32(24,31(36)37)28(35)19-38-3/h4-11,14,21,24,28,33H,12-13,15-19H2,1-3H3,(H,36,37)/t21-,24?,28-,32-/m1/s1. The normalized spacial score (nSPS) is 25.5. The molecule has 1 saturated heterocycles. The largest absolute Gasteiger partial charge is 0.488 e. The van der Waals surface area contributed by atoms with Gasteiger partial charge in [0.05, 0.1) is 23.8 Å². The van der Waals surface area contributed by atoms with Gasteiger partial charge in [0.15, 0.2) is 0 Å². The topological polar surface area (TPSA) is 83.9 Å². The van der Waals surface area contributed by atoms with Crippen LogP contribution in [0.4, 0.5) is 5.82 Å². The molecule has 1 aromatic heterocycles. The zero-order chi connectivity index (χ0) is 27.1. The molecule has 1 unspecified atom stereocenters. The summed E-state index contributed by atoms with van der Waals surface area (Å²) in [6, 6.07) is 18.6. The second-order valence-electron chi connectivity index (χ2n) is 11.4. The van der Waals surface area contributed by atoms with Crippen LogP contribution in [0.15, 0.2) is 54.6 Å². The Hall–Kier alpha value is -3.42. The number of pyridine rings is 1. The van der Waals surface area contributed by atoms with Crippen molar-refractivity contribution in [3.05, 3.63) is 76.9 Å². The molecule has 0 spiro atoms. The van der Waals surface area contributed by atoms with E-state index in [1.54, 1.807) is 7.11 Å². The first-order valence-corrected chi connectivity index (χ1v) is 13.9. The van der Waals surface area contributed by atoms with Gasteiger partial charge in [-0.2, -0.15) is 0 Å². The predicted octanol–water partition coefficient (Wildman–Crippen LogP) is 4.81. The average Bonchev–Trinajstić information content (AvgIpc) is 3.63. The van der Waals surface area contributed by atoms with Crippen LogP contribution >= 0.6 is 0 Å². The SMILES string of the molecule is COC[C@H]1N(c2cccc(-c3cccc(C)c3OCc3ccc4c(c3)[C@H](C)CNCC4)n2)CC2C[C@@]21C(=O)O. The number of anilines is 1. The maximum atomic E-state index is 12.2. The Kier molecular flexibility index (Phi) is 6.81. The van der Waals surface area contributed by atoms with Crippen molar-refractivity contribution in [2.75, 3.05) is 38.3 Å². The molecule has 7 nitrogen and oxygen atoms in total. The van der Waals surface area contributed by atoms with Crippen molar-refractivity contribution in [3.63, 3.8) is 0 Å². The van der Waals surface area contributed by atoms with E-state index in [-0.39, 0.29) is 12.0 Å². The minimum atomic E-state index is -0.731. The molecular formula is C32H37N3O4. The van der Waals surface area contributed by atoms with Gasteiger partial charge < -0.3 is 24.8 Å². The summed E-state index contributed by atoms with van der Waals surface area (Å²) >= 11 is 0. The number of nitrogens with one attached hydrogen (secondary N) is 1. The zero-order valence-corrected chi connectivity index (χ0v) is 22.9. The summed E-state index contributed by atoms with van der Waals surface area (Å²) in [6.07, 6.45) is 1.77. The minimum absolute atomic E-state index is 0.137. The second kappa shape index (κ2) is 10.3. The summed E-state index contributed by atoms with van der Waals surface area (Å²) in [6.45, 7) is 7.89. The number of para-hydroxylation sites is 1. The molecule has 3 aliphatic rings. The number of fused-ring (bicyclic) bond motifs is 2. The first-order valence-electron chi connectivity index (χ1n) is 13.9. The highest BCUT2D eigenvalue weighted by atomic mass is 16.5. The fraction of sp³-hybridized carbons (Fsp3) is 0.438. The molecule has 204 valence electrons. The Labute approximate surface area is 230 Å². The summed E-state index contributed by atoms with van der Waals surface area (Å²) in [5.74, 6) is 1.49. The second-order valence-corrected chi connectivity index (χ2v) is 11.4. The molecule has 0 amide bonds. The molecule has 1 aliphatic carbocycles. The molecule has 0 bridgehead atoms. The van der Waals surface area contributed by atoms with Crippen molar-refractivity contribution in [1.29, 1.82) is 0 Å². The van der Waals surface area contributed by atoms with Crippen molar-refractivity contribution in [2.24, 2.45) is 11.3 Å². The molecule has 0 radical (unpaired) electrons. The fourth-order valence-corrected chi connectivity index (χ4v) is 6.69. The van der Waals surface area contributed by atoms with Crippen LogP contribution in [0.3, 0.4) is 0 Å². The summed E-state index contributed by atoms with van der Waals surface area (Å²) in [4.78, 5) is 19.3. The zero-order valence-electron chi connectivity index (χ0n) is 22.9. The lowest BCUT2D eigenvalue weighted by Crippen LogP contribution is -2.43. The number of carboxylic acids is 1. The minimum Gasteiger partial charge on any atom is -0.488 e. The van der Waals surface area contributed by atoms with Crippen molar-refractivity contribution in [1.82, 2.24) is 10.3 Å². The number of aryl methyl sites for hydroxylation is 1. The molecule has 4 atom stereocenters. The molecule has 2 fully saturated rings. The van der Waals surface area contributed by atoms with Gasteiger partial charge in [0, 0.05) is 25.8 Å². The van der Waals surface area contributed by atoms with E-state index in [1.165, 1.54) is 11.1 Å². The number of methoxy groups -OCH3 is 1. The third kappa shape index (κ3) is 4.57. The lowest BCUT2D eigenvalue weighted by Gasteiger charge is -2.31.